The molecule has 0 aliphatic carbocycles. The lowest BCUT2D eigenvalue weighted by Gasteiger charge is -2.23. The smallest absolute Gasteiger partial charge is 0.226 e. The lowest BCUT2D eigenvalue weighted by atomic mass is 10.2. The van der Waals surface area contributed by atoms with Gasteiger partial charge in [-0.05, 0) is 59.6 Å². The van der Waals surface area contributed by atoms with Gasteiger partial charge in [0.25, 0.3) is 0 Å². The van der Waals surface area contributed by atoms with Crippen LogP contribution in [-0.4, -0.2) is 19.0 Å². The maximum Gasteiger partial charge on any atom is 0.226 e. The summed E-state index contributed by atoms with van der Waals surface area (Å²) >= 11 is 3.44. The molecule has 0 saturated carbocycles. The molecule has 2 aromatic rings. The van der Waals surface area contributed by atoms with Crippen molar-refractivity contribution in [2.75, 3.05) is 23.3 Å². The third-order valence-corrected chi connectivity index (χ3v) is 4.20. The number of anilines is 2. The van der Waals surface area contributed by atoms with Crippen LogP contribution in [0.15, 0.2) is 53.0 Å². The van der Waals surface area contributed by atoms with Crippen LogP contribution in [0.2, 0.25) is 0 Å². The van der Waals surface area contributed by atoms with Gasteiger partial charge in [-0.3, -0.25) is 4.79 Å². The number of halogens is 1. The molecular formula is C18H21BrN2O. The maximum absolute atomic E-state index is 12.1. The molecule has 1 amide bonds. The van der Waals surface area contributed by atoms with Gasteiger partial charge in [0.15, 0.2) is 0 Å². The number of benzene rings is 2. The molecule has 0 radical (unpaired) electrons. The van der Waals surface area contributed by atoms with Crippen molar-refractivity contribution in [2.24, 2.45) is 0 Å². The minimum Gasteiger partial charge on any atom is -0.371 e. The number of carbonyl (C=O) groups excluding carboxylic acids is 1. The van der Waals surface area contributed by atoms with Crippen LogP contribution in [0.4, 0.5) is 11.4 Å². The first-order chi connectivity index (χ1) is 10.6. The molecule has 116 valence electrons. The zero-order valence-electron chi connectivity index (χ0n) is 13.0. The van der Waals surface area contributed by atoms with Gasteiger partial charge in [-0.15, -0.1) is 0 Å². The third kappa shape index (κ3) is 4.60. The molecular weight excluding hydrogens is 340 g/mol. The number of amides is 1. The van der Waals surface area contributed by atoms with E-state index < -0.39 is 0 Å². The van der Waals surface area contributed by atoms with Crippen molar-refractivity contribution in [3.8, 4) is 0 Å². The first-order valence-corrected chi connectivity index (χ1v) is 8.25. The normalized spacial score (nSPS) is 10.3. The first-order valence-electron chi connectivity index (χ1n) is 7.46. The summed E-state index contributed by atoms with van der Waals surface area (Å²) in [5, 5.41) is 2.94. The Kier molecular flexibility index (Phi) is 6.01. The fourth-order valence-corrected chi connectivity index (χ4v) is 2.69. The largest absolute Gasteiger partial charge is 0.371 e. The van der Waals surface area contributed by atoms with Gasteiger partial charge in [0.2, 0.25) is 5.91 Å². The molecule has 0 aliphatic rings. The second kappa shape index (κ2) is 7.99. The Hall–Kier alpha value is -1.81. The fraction of sp³-hybridized carbons (Fsp3) is 0.278. The van der Waals surface area contributed by atoms with E-state index in [4.69, 9.17) is 0 Å². The Morgan fingerprint density at radius 2 is 1.95 bits per heavy atom. The molecule has 0 spiro atoms. The molecule has 0 atom stereocenters. The van der Waals surface area contributed by atoms with Crippen molar-refractivity contribution in [1.29, 1.82) is 0 Å². The zero-order valence-corrected chi connectivity index (χ0v) is 14.6. The number of para-hydroxylation sites is 1. The van der Waals surface area contributed by atoms with Crippen LogP contribution in [0.1, 0.15) is 18.9 Å². The number of nitrogens with zero attached hydrogens (tertiary/aromatic N) is 1. The van der Waals surface area contributed by atoms with Crippen LogP contribution >= 0.6 is 15.9 Å². The number of hydrogen-bond acceptors (Lipinski definition) is 2. The molecule has 0 bridgehead atoms. The molecule has 0 unspecified atom stereocenters. The highest BCUT2D eigenvalue weighted by molar-refractivity contribution is 9.10. The van der Waals surface area contributed by atoms with Gasteiger partial charge in [0.05, 0.1) is 5.69 Å². The molecule has 4 heteroatoms. The lowest BCUT2D eigenvalue weighted by Crippen LogP contribution is -2.27. The van der Waals surface area contributed by atoms with E-state index in [9.17, 15) is 4.79 Å². The minimum atomic E-state index is 0.0259. The second-order valence-electron chi connectivity index (χ2n) is 5.20. The number of aryl methyl sites for hydroxylation is 1. The average Bonchev–Trinajstić information content (AvgIpc) is 2.50. The van der Waals surface area contributed by atoms with Gasteiger partial charge in [-0.1, -0.05) is 24.3 Å². The number of carbonyl (C=O) groups is 1. The van der Waals surface area contributed by atoms with Crippen LogP contribution in [0, 0.1) is 6.92 Å². The number of hydrogen-bond donors (Lipinski definition) is 1. The molecule has 22 heavy (non-hydrogen) atoms. The molecule has 2 aromatic carbocycles. The van der Waals surface area contributed by atoms with Gasteiger partial charge in [0, 0.05) is 29.7 Å². The topological polar surface area (TPSA) is 32.3 Å². The van der Waals surface area contributed by atoms with Crippen molar-refractivity contribution < 1.29 is 4.79 Å². The Bertz CT molecular complexity index is 642. The lowest BCUT2D eigenvalue weighted by molar-refractivity contribution is -0.116. The summed E-state index contributed by atoms with van der Waals surface area (Å²) in [4.78, 5) is 14.3. The van der Waals surface area contributed by atoms with Gasteiger partial charge in [0.1, 0.15) is 0 Å². The molecule has 0 fully saturated rings. The van der Waals surface area contributed by atoms with Crippen molar-refractivity contribution in [3.05, 3.63) is 58.6 Å². The molecule has 0 aliphatic heterocycles. The van der Waals surface area contributed by atoms with Crippen molar-refractivity contribution >= 4 is 33.2 Å². The fourth-order valence-electron chi connectivity index (χ4n) is 2.31. The van der Waals surface area contributed by atoms with Crippen LogP contribution in [0.25, 0.3) is 0 Å². The average molecular weight is 361 g/mol. The summed E-state index contributed by atoms with van der Waals surface area (Å²) in [6.07, 6.45) is 0.461. The van der Waals surface area contributed by atoms with E-state index in [1.165, 1.54) is 5.56 Å². The van der Waals surface area contributed by atoms with Crippen molar-refractivity contribution in [2.45, 2.75) is 20.3 Å². The first kappa shape index (κ1) is 16.6. The van der Waals surface area contributed by atoms with E-state index in [0.717, 1.165) is 22.4 Å². The van der Waals surface area contributed by atoms with Gasteiger partial charge < -0.3 is 10.2 Å². The van der Waals surface area contributed by atoms with Gasteiger partial charge in [-0.25, -0.2) is 0 Å². The van der Waals surface area contributed by atoms with E-state index in [0.29, 0.717) is 13.0 Å². The Morgan fingerprint density at radius 3 is 2.64 bits per heavy atom. The summed E-state index contributed by atoms with van der Waals surface area (Å²) in [5.41, 5.74) is 3.20. The number of nitrogens with one attached hydrogen (secondary N) is 1. The summed E-state index contributed by atoms with van der Waals surface area (Å²) < 4.78 is 0.898. The molecule has 2 rings (SSSR count). The maximum atomic E-state index is 12.1. The quantitative estimate of drug-likeness (QED) is 0.815. The predicted octanol–water partition coefficient (Wildman–Crippen LogP) is 4.61. The van der Waals surface area contributed by atoms with E-state index >= 15 is 0 Å². The highest BCUT2D eigenvalue weighted by Gasteiger charge is 2.09. The number of rotatable bonds is 6. The molecule has 0 heterocycles. The minimum absolute atomic E-state index is 0.0259. The Morgan fingerprint density at radius 1 is 1.18 bits per heavy atom. The standard InChI is InChI=1S/C18H21BrN2O/c1-3-21(15-8-6-7-14(2)13-15)12-11-18(22)20-17-10-5-4-9-16(17)19/h4-10,13H,3,11-12H2,1-2H3,(H,20,22). The van der Waals surface area contributed by atoms with E-state index in [1.807, 2.05) is 24.3 Å². The van der Waals surface area contributed by atoms with Crippen LogP contribution in [0.5, 0.6) is 0 Å². The summed E-state index contributed by atoms with van der Waals surface area (Å²) in [6.45, 7) is 5.77. The SMILES string of the molecule is CCN(CCC(=O)Nc1ccccc1Br)c1cccc(C)c1. The Balaban J connectivity index is 1.93. The van der Waals surface area contributed by atoms with Gasteiger partial charge >= 0.3 is 0 Å². The van der Waals surface area contributed by atoms with Crippen molar-refractivity contribution in [3.63, 3.8) is 0 Å². The summed E-state index contributed by atoms with van der Waals surface area (Å²) in [6, 6.07) is 16.0. The van der Waals surface area contributed by atoms with Crippen LogP contribution < -0.4 is 10.2 Å². The van der Waals surface area contributed by atoms with Crippen LogP contribution in [-0.2, 0) is 4.79 Å². The van der Waals surface area contributed by atoms with E-state index in [2.05, 4.69) is 64.3 Å². The molecule has 0 saturated heterocycles. The molecule has 1 N–H and O–H groups in total. The Labute approximate surface area is 140 Å². The predicted molar refractivity (Wildman–Crippen MR) is 96.5 cm³/mol. The zero-order chi connectivity index (χ0) is 15.9. The molecule has 0 aromatic heterocycles. The molecule has 3 nitrogen and oxygen atoms in total. The van der Waals surface area contributed by atoms with Crippen LogP contribution in [0.3, 0.4) is 0 Å². The third-order valence-electron chi connectivity index (χ3n) is 3.51. The highest BCUT2D eigenvalue weighted by Crippen LogP contribution is 2.21. The summed E-state index contributed by atoms with van der Waals surface area (Å²) in [7, 11) is 0. The summed E-state index contributed by atoms with van der Waals surface area (Å²) in [5.74, 6) is 0.0259. The van der Waals surface area contributed by atoms with E-state index in [-0.39, 0.29) is 5.91 Å². The monoisotopic (exact) mass is 360 g/mol. The van der Waals surface area contributed by atoms with Crippen molar-refractivity contribution in [1.82, 2.24) is 0 Å². The second-order valence-corrected chi connectivity index (χ2v) is 6.05. The van der Waals surface area contributed by atoms with Gasteiger partial charge in [-0.2, -0.15) is 0 Å². The van der Waals surface area contributed by atoms with E-state index in [1.54, 1.807) is 0 Å². The highest BCUT2D eigenvalue weighted by atomic mass is 79.9.